The van der Waals surface area contributed by atoms with E-state index >= 15 is 0 Å². The first-order chi connectivity index (χ1) is 8.68. The lowest BCUT2D eigenvalue weighted by Crippen LogP contribution is -2.06. The third kappa shape index (κ3) is 1.75. The number of rotatable bonds is 1. The van der Waals surface area contributed by atoms with Gasteiger partial charge in [0.25, 0.3) is 0 Å². The third-order valence-corrected chi connectivity index (χ3v) is 5.00. The van der Waals surface area contributed by atoms with Crippen molar-refractivity contribution in [3.05, 3.63) is 58.2 Å². The minimum atomic E-state index is 0.680. The first-order valence-corrected chi connectivity index (χ1v) is 7.12. The molecule has 0 saturated heterocycles. The quantitative estimate of drug-likeness (QED) is 0.646. The van der Waals surface area contributed by atoms with Gasteiger partial charge in [0.2, 0.25) is 0 Å². The summed E-state index contributed by atoms with van der Waals surface area (Å²) in [6.07, 6.45) is 10.9. The molecule has 0 amide bonds. The van der Waals surface area contributed by atoms with Gasteiger partial charge in [-0.05, 0) is 68.2 Å². The van der Waals surface area contributed by atoms with Crippen LogP contribution in [0.2, 0.25) is 0 Å². The molecule has 18 heavy (non-hydrogen) atoms. The predicted molar refractivity (Wildman–Crippen MR) is 78.0 cm³/mol. The van der Waals surface area contributed by atoms with Crippen LogP contribution in [0.15, 0.2) is 35.9 Å². The second-order valence-corrected chi connectivity index (χ2v) is 5.88. The van der Waals surface area contributed by atoms with E-state index in [2.05, 4.69) is 51.1 Å². The minimum absolute atomic E-state index is 0.680. The summed E-state index contributed by atoms with van der Waals surface area (Å²) in [7, 11) is 0. The molecule has 2 unspecified atom stereocenters. The molecule has 1 aromatic carbocycles. The smallest absolute Gasteiger partial charge is 0.00571 e. The molecule has 0 heteroatoms. The van der Waals surface area contributed by atoms with E-state index < -0.39 is 0 Å². The van der Waals surface area contributed by atoms with Crippen LogP contribution in [0, 0.1) is 26.7 Å². The maximum absolute atomic E-state index is 2.38. The summed E-state index contributed by atoms with van der Waals surface area (Å²) in [6, 6.07) is 4.66. The van der Waals surface area contributed by atoms with Crippen molar-refractivity contribution in [3.8, 4) is 0 Å². The van der Waals surface area contributed by atoms with E-state index in [1.807, 2.05) is 0 Å². The SMILES string of the molecule is Cc1ccc(C2CCC3CC=CC=C32)c(C)c1C. The van der Waals surface area contributed by atoms with E-state index in [0.717, 1.165) is 5.92 Å². The lowest BCUT2D eigenvalue weighted by molar-refractivity contribution is 0.632. The molecule has 3 rings (SSSR count). The first kappa shape index (κ1) is 11.8. The Morgan fingerprint density at radius 2 is 1.83 bits per heavy atom. The summed E-state index contributed by atoms with van der Waals surface area (Å²) >= 11 is 0. The van der Waals surface area contributed by atoms with Crippen LogP contribution in [-0.4, -0.2) is 0 Å². The summed E-state index contributed by atoms with van der Waals surface area (Å²) in [5, 5.41) is 0. The fourth-order valence-electron chi connectivity index (χ4n) is 3.60. The standard InChI is InChI=1S/C18H22/c1-12-8-10-16(14(3)13(12)2)18-11-9-15-6-4-5-7-17(15)18/h4-5,7-8,10,15,18H,6,9,11H2,1-3H3. The zero-order valence-electron chi connectivity index (χ0n) is 11.7. The molecule has 2 aliphatic rings. The molecular formula is C18H22. The predicted octanol–water partition coefficient (Wildman–Crippen LogP) is 4.99. The second kappa shape index (κ2) is 4.42. The largest absolute Gasteiger partial charge is 0.0839 e. The van der Waals surface area contributed by atoms with Gasteiger partial charge in [0, 0.05) is 5.92 Å². The molecule has 0 aromatic heterocycles. The Hall–Kier alpha value is -1.30. The molecule has 1 aromatic rings. The van der Waals surface area contributed by atoms with Crippen LogP contribution >= 0.6 is 0 Å². The molecule has 1 saturated carbocycles. The highest BCUT2D eigenvalue weighted by Gasteiger charge is 2.32. The van der Waals surface area contributed by atoms with Gasteiger partial charge in [-0.25, -0.2) is 0 Å². The maximum atomic E-state index is 2.38. The fraction of sp³-hybridized carbons (Fsp3) is 0.444. The Bertz CT molecular complexity index is 531. The monoisotopic (exact) mass is 238 g/mol. The van der Waals surface area contributed by atoms with Gasteiger partial charge in [-0.1, -0.05) is 35.9 Å². The van der Waals surface area contributed by atoms with Crippen molar-refractivity contribution < 1.29 is 0 Å². The molecule has 0 aliphatic heterocycles. The van der Waals surface area contributed by atoms with Crippen molar-refractivity contribution in [2.24, 2.45) is 5.92 Å². The number of fused-ring (bicyclic) bond motifs is 1. The summed E-state index contributed by atoms with van der Waals surface area (Å²) in [5.41, 5.74) is 7.66. The van der Waals surface area contributed by atoms with Crippen LogP contribution in [0.5, 0.6) is 0 Å². The van der Waals surface area contributed by atoms with E-state index in [9.17, 15) is 0 Å². The van der Waals surface area contributed by atoms with E-state index in [4.69, 9.17) is 0 Å². The minimum Gasteiger partial charge on any atom is -0.0839 e. The number of allylic oxidation sites excluding steroid dienone is 4. The number of hydrogen-bond acceptors (Lipinski definition) is 0. The summed E-state index contributed by atoms with van der Waals surface area (Å²) in [4.78, 5) is 0. The molecule has 2 atom stereocenters. The van der Waals surface area contributed by atoms with Crippen molar-refractivity contribution in [2.45, 2.75) is 46.0 Å². The molecule has 94 valence electrons. The van der Waals surface area contributed by atoms with Crippen LogP contribution in [-0.2, 0) is 0 Å². The Labute approximate surface area is 110 Å². The van der Waals surface area contributed by atoms with Gasteiger partial charge in [0.1, 0.15) is 0 Å². The summed E-state index contributed by atoms with van der Waals surface area (Å²) in [6.45, 7) is 6.77. The molecule has 0 heterocycles. The van der Waals surface area contributed by atoms with Gasteiger partial charge >= 0.3 is 0 Å². The Kier molecular flexibility index (Phi) is 2.89. The molecular weight excluding hydrogens is 216 g/mol. The molecule has 2 aliphatic carbocycles. The highest BCUT2D eigenvalue weighted by molar-refractivity contribution is 5.46. The highest BCUT2D eigenvalue weighted by atomic mass is 14.4. The van der Waals surface area contributed by atoms with Crippen molar-refractivity contribution in [1.82, 2.24) is 0 Å². The van der Waals surface area contributed by atoms with Gasteiger partial charge in [0.15, 0.2) is 0 Å². The normalized spacial score (nSPS) is 26.1. The van der Waals surface area contributed by atoms with Crippen LogP contribution in [0.25, 0.3) is 0 Å². The topological polar surface area (TPSA) is 0 Å². The van der Waals surface area contributed by atoms with Gasteiger partial charge in [-0.2, -0.15) is 0 Å². The Morgan fingerprint density at radius 1 is 1.00 bits per heavy atom. The summed E-state index contributed by atoms with van der Waals surface area (Å²) in [5.74, 6) is 1.50. The van der Waals surface area contributed by atoms with E-state index in [1.54, 1.807) is 11.1 Å². The third-order valence-electron chi connectivity index (χ3n) is 5.00. The average Bonchev–Trinajstić information content (AvgIpc) is 2.80. The van der Waals surface area contributed by atoms with E-state index in [-0.39, 0.29) is 0 Å². The lowest BCUT2D eigenvalue weighted by atomic mass is 9.83. The van der Waals surface area contributed by atoms with Crippen molar-refractivity contribution in [1.29, 1.82) is 0 Å². The van der Waals surface area contributed by atoms with Crippen molar-refractivity contribution >= 4 is 0 Å². The van der Waals surface area contributed by atoms with Crippen molar-refractivity contribution in [2.75, 3.05) is 0 Å². The lowest BCUT2D eigenvalue weighted by Gasteiger charge is -2.21. The Balaban J connectivity index is 2.03. The van der Waals surface area contributed by atoms with E-state index in [0.29, 0.717) is 5.92 Å². The van der Waals surface area contributed by atoms with Gasteiger partial charge < -0.3 is 0 Å². The zero-order valence-corrected chi connectivity index (χ0v) is 11.7. The second-order valence-electron chi connectivity index (χ2n) is 5.88. The maximum Gasteiger partial charge on any atom is 0.00571 e. The number of hydrogen-bond donors (Lipinski definition) is 0. The molecule has 0 nitrogen and oxygen atoms in total. The Morgan fingerprint density at radius 3 is 2.67 bits per heavy atom. The van der Waals surface area contributed by atoms with Crippen molar-refractivity contribution in [3.63, 3.8) is 0 Å². The van der Waals surface area contributed by atoms with Gasteiger partial charge in [-0.15, -0.1) is 0 Å². The van der Waals surface area contributed by atoms with Crippen LogP contribution < -0.4 is 0 Å². The van der Waals surface area contributed by atoms with Crippen LogP contribution in [0.3, 0.4) is 0 Å². The van der Waals surface area contributed by atoms with Gasteiger partial charge in [0.05, 0.1) is 0 Å². The first-order valence-electron chi connectivity index (χ1n) is 7.12. The van der Waals surface area contributed by atoms with Crippen LogP contribution in [0.1, 0.15) is 47.4 Å². The van der Waals surface area contributed by atoms with Crippen LogP contribution in [0.4, 0.5) is 0 Å². The average molecular weight is 238 g/mol. The van der Waals surface area contributed by atoms with E-state index in [1.165, 1.54) is 36.0 Å². The number of aryl methyl sites for hydroxylation is 1. The number of benzene rings is 1. The molecule has 0 radical (unpaired) electrons. The molecule has 0 N–H and O–H groups in total. The van der Waals surface area contributed by atoms with Gasteiger partial charge in [-0.3, -0.25) is 0 Å². The fourth-order valence-corrected chi connectivity index (χ4v) is 3.60. The highest BCUT2D eigenvalue weighted by Crippen LogP contribution is 2.47. The zero-order chi connectivity index (χ0) is 12.7. The molecule has 0 spiro atoms. The molecule has 0 bridgehead atoms. The summed E-state index contributed by atoms with van der Waals surface area (Å²) < 4.78 is 0. The molecule has 1 fully saturated rings.